The van der Waals surface area contributed by atoms with E-state index in [1.54, 1.807) is 0 Å². The monoisotopic (exact) mass is 184 g/mol. The lowest BCUT2D eigenvalue weighted by Crippen LogP contribution is -2.51. The smallest absolute Gasteiger partial charge is 0.224 e. The summed E-state index contributed by atoms with van der Waals surface area (Å²) in [5.41, 5.74) is 5.61. The number of hydrogen-bond donors (Lipinski definition) is 2. The minimum Gasteiger partial charge on any atom is -0.353 e. The van der Waals surface area contributed by atoms with Crippen molar-refractivity contribution in [3.8, 4) is 0 Å². The second-order valence-corrected chi connectivity index (χ2v) is 4.40. The molecule has 13 heavy (non-hydrogen) atoms. The van der Waals surface area contributed by atoms with E-state index in [0.29, 0.717) is 24.4 Å². The molecule has 1 aliphatic rings. The first-order valence-electron chi connectivity index (χ1n) is 5.06. The molecule has 3 atom stereocenters. The highest BCUT2D eigenvalue weighted by atomic mass is 16.2. The van der Waals surface area contributed by atoms with Crippen LogP contribution in [0.1, 0.15) is 27.2 Å². The Morgan fingerprint density at radius 1 is 1.62 bits per heavy atom. The third-order valence-electron chi connectivity index (χ3n) is 2.98. The van der Waals surface area contributed by atoms with E-state index >= 15 is 0 Å². The lowest BCUT2D eigenvalue weighted by atomic mass is 9.76. The van der Waals surface area contributed by atoms with Crippen LogP contribution in [0.15, 0.2) is 0 Å². The maximum atomic E-state index is 11.6. The van der Waals surface area contributed by atoms with E-state index < -0.39 is 0 Å². The number of hydrogen-bond acceptors (Lipinski definition) is 2. The molecule has 0 aromatic carbocycles. The minimum absolute atomic E-state index is 0.0243. The SMILES string of the molecule is CC1CC(C(C)C)C(CN)C(=O)N1. The van der Waals surface area contributed by atoms with Gasteiger partial charge in [-0.25, -0.2) is 0 Å². The summed E-state index contributed by atoms with van der Waals surface area (Å²) < 4.78 is 0. The fourth-order valence-electron chi connectivity index (χ4n) is 2.19. The Labute approximate surface area is 80.1 Å². The predicted octanol–water partition coefficient (Wildman–Crippen LogP) is 0.742. The van der Waals surface area contributed by atoms with Crippen molar-refractivity contribution in [3.63, 3.8) is 0 Å². The zero-order valence-corrected chi connectivity index (χ0v) is 8.71. The van der Waals surface area contributed by atoms with E-state index in [2.05, 4.69) is 26.1 Å². The normalized spacial score (nSPS) is 34.8. The molecule has 0 saturated carbocycles. The van der Waals surface area contributed by atoms with E-state index in [-0.39, 0.29) is 11.8 Å². The molecule has 1 aliphatic heterocycles. The van der Waals surface area contributed by atoms with Crippen LogP contribution in [0, 0.1) is 17.8 Å². The Kier molecular flexibility index (Phi) is 3.31. The van der Waals surface area contributed by atoms with E-state index in [4.69, 9.17) is 5.73 Å². The predicted molar refractivity (Wildman–Crippen MR) is 53.1 cm³/mol. The van der Waals surface area contributed by atoms with Crippen LogP contribution in [0.3, 0.4) is 0 Å². The molecule has 0 aromatic heterocycles. The van der Waals surface area contributed by atoms with Crippen LogP contribution in [0.2, 0.25) is 0 Å². The van der Waals surface area contributed by atoms with Gasteiger partial charge in [-0.3, -0.25) is 4.79 Å². The second-order valence-electron chi connectivity index (χ2n) is 4.40. The van der Waals surface area contributed by atoms with Crippen LogP contribution in [0.4, 0.5) is 0 Å². The first-order chi connectivity index (χ1) is 6.06. The molecular formula is C10H20N2O. The highest BCUT2D eigenvalue weighted by Gasteiger charge is 2.35. The van der Waals surface area contributed by atoms with Crippen molar-refractivity contribution in [2.24, 2.45) is 23.5 Å². The van der Waals surface area contributed by atoms with Crippen molar-refractivity contribution in [1.29, 1.82) is 0 Å². The van der Waals surface area contributed by atoms with E-state index in [0.717, 1.165) is 6.42 Å². The highest BCUT2D eigenvalue weighted by Crippen LogP contribution is 2.29. The first kappa shape index (κ1) is 10.5. The van der Waals surface area contributed by atoms with Gasteiger partial charge in [0.25, 0.3) is 0 Å². The van der Waals surface area contributed by atoms with Gasteiger partial charge in [-0.1, -0.05) is 13.8 Å². The number of nitrogens with two attached hydrogens (primary N) is 1. The Bertz CT molecular complexity index is 191. The molecule has 1 heterocycles. The standard InChI is InChI=1S/C10H20N2O/c1-6(2)8-4-7(3)12-10(13)9(8)5-11/h6-9H,4-5,11H2,1-3H3,(H,12,13). The van der Waals surface area contributed by atoms with E-state index in [9.17, 15) is 4.79 Å². The Hall–Kier alpha value is -0.570. The largest absolute Gasteiger partial charge is 0.353 e. The van der Waals surface area contributed by atoms with Crippen LogP contribution in [0.25, 0.3) is 0 Å². The summed E-state index contributed by atoms with van der Waals surface area (Å²) in [7, 11) is 0. The molecule has 76 valence electrons. The molecule has 0 bridgehead atoms. The summed E-state index contributed by atoms with van der Waals surface area (Å²) in [6.07, 6.45) is 1.06. The summed E-state index contributed by atoms with van der Waals surface area (Å²) in [6, 6.07) is 0.308. The quantitative estimate of drug-likeness (QED) is 0.665. The molecule has 3 nitrogen and oxygen atoms in total. The Morgan fingerprint density at radius 2 is 2.23 bits per heavy atom. The van der Waals surface area contributed by atoms with Gasteiger partial charge in [0, 0.05) is 12.6 Å². The van der Waals surface area contributed by atoms with Gasteiger partial charge >= 0.3 is 0 Å². The molecule has 0 radical (unpaired) electrons. The molecule has 0 spiro atoms. The summed E-state index contributed by atoms with van der Waals surface area (Å²) in [6.45, 7) is 6.86. The van der Waals surface area contributed by atoms with Crippen molar-refractivity contribution in [3.05, 3.63) is 0 Å². The van der Waals surface area contributed by atoms with Gasteiger partial charge < -0.3 is 11.1 Å². The van der Waals surface area contributed by atoms with Gasteiger partial charge in [0.15, 0.2) is 0 Å². The Morgan fingerprint density at radius 3 is 2.69 bits per heavy atom. The summed E-state index contributed by atoms with van der Waals surface area (Å²) in [5, 5.41) is 2.95. The Balaban J connectivity index is 2.71. The van der Waals surface area contributed by atoms with Crippen molar-refractivity contribution >= 4 is 5.91 Å². The maximum Gasteiger partial charge on any atom is 0.224 e. The lowest BCUT2D eigenvalue weighted by molar-refractivity contribution is -0.130. The third kappa shape index (κ3) is 2.21. The molecule has 0 aromatic rings. The summed E-state index contributed by atoms with van der Waals surface area (Å²) >= 11 is 0. The fourth-order valence-corrected chi connectivity index (χ4v) is 2.19. The van der Waals surface area contributed by atoms with Crippen LogP contribution in [0.5, 0.6) is 0 Å². The number of piperidine rings is 1. The van der Waals surface area contributed by atoms with Gasteiger partial charge in [-0.2, -0.15) is 0 Å². The van der Waals surface area contributed by atoms with Crippen molar-refractivity contribution in [2.75, 3.05) is 6.54 Å². The topological polar surface area (TPSA) is 55.1 Å². The first-order valence-corrected chi connectivity index (χ1v) is 5.06. The van der Waals surface area contributed by atoms with Crippen molar-refractivity contribution in [1.82, 2.24) is 5.32 Å². The molecule has 3 N–H and O–H groups in total. The summed E-state index contributed by atoms with van der Waals surface area (Å²) in [4.78, 5) is 11.6. The highest BCUT2D eigenvalue weighted by molar-refractivity contribution is 5.80. The van der Waals surface area contributed by atoms with Crippen LogP contribution < -0.4 is 11.1 Å². The average molecular weight is 184 g/mol. The molecule has 1 rings (SSSR count). The van der Waals surface area contributed by atoms with Crippen molar-refractivity contribution < 1.29 is 4.79 Å². The van der Waals surface area contributed by atoms with Crippen molar-refractivity contribution in [2.45, 2.75) is 33.2 Å². The van der Waals surface area contributed by atoms with E-state index in [1.165, 1.54) is 0 Å². The number of carbonyl (C=O) groups excluding carboxylic acids is 1. The molecule has 0 aliphatic carbocycles. The van der Waals surface area contributed by atoms with Crippen LogP contribution >= 0.6 is 0 Å². The van der Waals surface area contributed by atoms with E-state index in [1.807, 2.05) is 0 Å². The molecule has 1 saturated heterocycles. The molecule has 1 fully saturated rings. The van der Waals surface area contributed by atoms with Gasteiger partial charge in [0.2, 0.25) is 5.91 Å². The van der Waals surface area contributed by atoms with Gasteiger partial charge in [0.1, 0.15) is 0 Å². The maximum absolute atomic E-state index is 11.6. The fraction of sp³-hybridized carbons (Fsp3) is 0.900. The zero-order chi connectivity index (χ0) is 10.0. The average Bonchev–Trinajstić information content (AvgIpc) is 2.02. The molecule has 3 unspecified atom stereocenters. The third-order valence-corrected chi connectivity index (χ3v) is 2.98. The molecule has 3 heteroatoms. The van der Waals surface area contributed by atoms with Gasteiger partial charge in [-0.05, 0) is 25.2 Å². The van der Waals surface area contributed by atoms with Gasteiger partial charge in [0.05, 0.1) is 5.92 Å². The van der Waals surface area contributed by atoms with Crippen LogP contribution in [-0.4, -0.2) is 18.5 Å². The minimum atomic E-state index is 0.0243. The number of amides is 1. The molecular weight excluding hydrogens is 164 g/mol. The van der Waals surface area contributed by atoms with Gasteiger partial charge in [-0.15, -0.1) is 0 Å². The lowest BCUT2D eigenvalue weighted by Gasteiger charge is -2.36. The second kappa shape index (κ2) is 4.09. The number of carbonyl (C=O) groups is 1. The zero-order valence-electron chi connectivity index (χ0n) is 8.71. The number of nitrogens with one attached hydrogen (secondary N) is 1. The van der Waals surface area contributed by atoms with Crippen LogP contribution in [-0.2, 0) is 4.79 Å². The summed E-state index contributed by atoms with van der Waals surface area (Å²) in [5.74, 6) is 1.16. The number of rotatable bonds is 2. The molecule has 1 amide bonds.